The number of thioether (sulfide) groups is 2. The van der Waals surface area contributed by atoms with Crippen molar-refractivity contribution < 1.29 is 53.8 Å². The molecule has 0 aromatic carbocycles. The summed E-state index contributed by atoms with van der Waals surface area (Å²) in [6.07, 6.45) is 1.60. The SMILES string of the molecule is Cc1cnc(C(=O)SCC2=C(C(=O)[O-])N3C(=O)C(NC(=O)C(N)c4ccsc4)[C@@H]3SC2)s1.[Na+]. The number of rotatable bonds is 7. The van der Waals surface area contributed by atoms with Gasteiger partial charge in [-0.3, -0.25) is 19.3 Å². The first-order valence-electron chi connectivity index (χ1n) is 9.33. The number of hydrogen-bond donors (Lipinski definition) is 2. The van der Waals surface area contributed by atoms with Gasteiger partial charge in [-0.2, -0.15) is 11.3 Å². The van der Waals surface area contributed by atoms with Crippen molar-refractivity contribution in [2.24, 2.45) is 5.73 Å². The van der Waals surface area contributed by atoms with Gasteiger partial charge in [0.15, 0.2) is 5.01 Å². The van der Waals surface area contributed by atoms with Crippen LogP contribution in [0.15, 0.2) is 34.3 Å². The first-order valence-corrected chi connectivity index (χ1v) is 13.1. The predicted molar refractivity (Wildman–Crippen MR) is 122 cm³/mol. The van der Waals surface area contributed by atoms with Crippen molar-refractivity contribution in [3.05, 3.63) is 49.7 Å². The van der Waals surface area contributed by atoms with Crippen molar-refractivity contribution >= 4 is 69.1 Å². The molecule has 2 amide bonds. The summed E-state index contributed by atoms with van der Waals surface area (Å²) < 4.78 is 0. The van der Waals surface area contributed by atoms with E-state index in [0.717, 1.165) is 21.5 Å². The van der Waals surface area contributed by atoms with E-state index in [4.69, 9.17) is 5.73 Å². The number of carbonyl (C=O) groups excluding carboxylic acids is 4. The number of nitrogens with two attached hydrogens (primary N) is 1. The fourth-order valence-electron chi connectivity index (χ4n) is 3.29. The number of fused-ring (bicyclic) bond motifs is 1. The van der Waals surface area contributed by atoms with E-state index >= 15 is 0 Å². The third kappa shape index (κ3) is 5.40. The van der Waals surface area contributed by atoms with Gasteiger partial charge in [0.25, 0.3) is 5.91 Å². The fourth-order valence-corrected chi connectivity index (χ4v) is 7.09. The summed E-state index contributed by atoms with van der Waals surface area (Å²) in [7, 11) is 0. The Morgan fingerprint density at radius 2 is 2.18 bits per heavy atom. The molecule has 1 saturated heterocycles. The van der Waals surface area contributed by atoms with Gasteiger partial charge in [-0.1, -0.05) is 11.8 Å². The van der Waals surface area contributed by atoms with Crippen LogP contribution < -0.4 is 45.7 Å². The van der Waals surface area contributed by atoms with Gasteiger partial charge in [-0.15, -0.1) is 23.1 Å². The summed E-state index contributed by atoms with van der Waals surface area (Å²) in [5, 5.41) is 17.5. The maximum atomic E-state index is 12.7. The number of aliphatic carboxylic acids is 1. The van der Waals surface area contributed by atoms with E-state index in [2.05, 4.69) is 10.3 Å². The molecule has 0 aliphatic carbocycles. The molecular formula is C19H17N4NaO5S4. The minimum absolute atomic E-state index is 0. The average molecular weight is 533 g/mol. The molecule has 33 heavy (non-hydrogen) atoms. The zero-order chi connectivity index (χ0) is 23.0. The number of nitrogens with zero attached hydrogens (tertiary/aromatic N) is 2. The number of carbonyl (C=O) groups is 4. The summed E-state index contributed by atoms with van der Waals surface area (Å²) in [4.78, 5) is 55.4. The van der Waals surface area contributed by atoms with Crippen molar-refractivity contribution in [3.63, 3.8) is 0 Å². The van der Waals surface area contributed by atoms with E-state index in [1.807, 2.05) is 6.92 Å². The Labute approximate surface area is 227 Å². The monoisotopic (exact) mass is 532 g/mol. The number of thiophene rings is 1. The van der Waals surface area contributed by atoms with Crippen molar-refractivity contribution in [2.75, 3.05) is 11.5 Å². The molecule has 168 valence electrons. The number of carboxylic acid groups (broad SMARTS) is 1. The van der Waals surface area contributed by atoms with Gasteiger partial charge in [0.1, 0.15) is 17.5 Å². The molecule has 1 fully saturated rings. The van der Waals surface area contributed by atoms with Crippen LogP contribution in [0.5, 0.6) is 0 Å². The van der Waals surface area contributed by atoms with E-state index in [-0.39, 0.29) is 51.9 Å². The second-order valence-corrected chi connectivity index (χ2v) is 11.1. The Hall–Kier alpha value is -1.19. The van der Waals surface area contributed by atoms with Crippen LogP contribution in [-0.4, -0.2) is 55.7 Å². The van der Waals surface area contributed by atoms with Crippen molar-refractivity contribution in [2.45, 2.75) is 24.4 Å². The normalized spacial score (nSPS) is 20.4. The van der Waals surface area contributed by atoms with Gasteiger partial charge in [0, 0.05) is 22.6 Å². The van der Waals surface area contributed by atoms with Crippen LogP contribution in [-0.2, 0) is 14.4 Å². The fraction of sp³-hybridized carbons (Fsp3) is 0.316. The third-order valence-electron chi connectivity index (χ3n) is 4.90. The van der Waals surface area contributed by atoms with E-state index in [1.54, 1.807) is 23.0 Å². The average Bonchev–Trinajstić information content (AvgIpc) is 3.46. The Bertz CT molecular complexity index is 1120. The molecule has 2 aliphatic heterocycles. The Morgan fingerprint density at radius 3 is 2.79 bits per heavy atom. The molecule has 0 spiro atoms. The van der Waals surface area contributed by atoms with Crippen LogP contribution in [0.25, 0.3) is 0 Å². The maximum absolute atomic E-state index is 12.7. The molecule has 0 radical (unpaired) electrons. The van der Waals surface area contributed by atoms with Crippen LogP contribution in [0.3, 0.4) is 0 Å². The number of β-lactam (4-membered cyclic amide) rings is 1. The molecular weight excluding hydrogens is 515 g/mol. The van der Waals surface area contributed by atoms with Gasteiger partial charge in [-0.25, -0.2) is 4.98 Å². The molecule has 0 saturated carbocycles. The second-order valence-electron chi connectivity index (χ2n) is 7.02. The van der Waals surface area contributed by atoms with E-state index < -0.39 is 35.2 Å². The van der Waals surface area contributed by atoms with Crippen molar-refractivity contribution in [3.8, 4) is 0 Å². The van der Waals surface area contributed by atoms with Gasteiger partial charge >= 0.3 is 29.6 Å². The van der Waals surface area contributed by atoms with Gasteiger partial charge in [0.05, 0.1) is 11.7 Å². The van der Waals surface area contributed by atoms with Gasteiger partial charge in [-0.05, 0) is 34.9 Å². The van der Waals surface area contributed by atoms with Crippen molar-refractivity contribution in [1.82, 2.24) is 15.2 Å². The largest absolute Gasteiger partial charge is 1.00 e. The number of aromatic nitrogens is 1. The van der Waals surface area contributed by atoms with Gasteiger partial charge < -0.3 is 21.0 Å². The predicted octanol–water partition coefficient (Wildman–Crippen LogP) is -2.51. The molecule has 0 bridgehead atoms. The summed E-state index contributed by atoms with van der Waals surface area (Å²) in [6, 6.07) is -0.0602. The van der Waals surface area contributed by atoms with Crippen LogP contribution >= 0.6 is 46.2 Å². The van der Waals surface area contributed by atoms with Crippen LogP contribution in [0, 0.1) is 6.92 Å². The minimum Gasteiger partial charge on any atom is -0.543 e. The molecule has 2 unspecified atom stereocenters. The smallest absolute Gasteiger partial charge is 0.543 e. The minimum atomic E-state index is -1.49. The topological polar surface area (TPSA) is 146 Å². The van der Waals surface area contributed by atoms with Crippen LogP contribution in [0.4, 0.5) is 0 Å². The number of aryl methyl sites for hydroxylation is 1. The number of thiazole rings is 1. The Kier molecular flexibility index (Phi) is 8.83. The summed E-state index contributed by atoms with van der Waals surface area (Å²) in [6.45, 7) is 1.84. The molecule has 3 atom stereocenters. The second kappa shape index (κ2) is 11.0. The van der Waals surface area contributed by atoms with E-state index in [9.17, 15) is 24.3 Å². The zero-order valence-corrected chi connectivity index (χ0v) is 22.9. The van der Waals surface area contributed by atoms with E-state index in [1.165, 1.54) is 34.4 Å². The molecule has 2 aliphatic rings. The Morgan fingerprint density at radius 1 is 1.42 bits per heavy atom. The first-order chi connectivity index (χ1) is 15.3. The zero-order valence-electron chi connectivity index (χ0n) is 17.6. The first kappa shape index (κ1) is 26.4. The molecule has 14 heteroatoms. The number of nitrogens with one attached hydrogen (secondary N) is 1. The molecule has 4 rings (SSSR count). The third-order valence-corrected chi connectivity index (χ3v) is 8.93. The van der Waals surface area contributed by atoms with Crippen LogP contribution in [0.2, 0.25) is 0 Å². The molecule has 9 nitrogen and oxygen atoms in total. The summed E-state index contributed by atoms with van der Waals surface area (Å²) in [5.74, 6) is -2.15. The summed E-state index contributed by atoms with van der Waals surface area (Å²) >= 11 is 4.93. The maximum Gasteiger partial charge on any atom is 1.00 e. The molecule has 4 heterocycles. The summed E-state index contributed by atoms with van der Waals surface area (Å²) in [5.41, 5.74) is 6.78. The van der Waals surface area contributed by atoms with Gasteiger partial charge in [0.2, 0.25) is 11.0 Å². The van der Waals surface area contributed by atoms with Crippen molar-refractivity contribution in [1.29, 1.82) is 0 Å². The Balaban J connectivity index is 0.00000306. The quantitative estimate of drug-likeness (QED) is 0.292. The molecule has 2 aromatic rings. The molecule has 2 aromatic heterocycles. The van der Waals surface area contributed by atoms with E-state index in [0.29, 0.717) is 16.1 Å². The van der Waals surface area contributed by atoms with Crippen LogP contribution in [0.1, 0.15) is 26.3 Å². The number of hydrogen-bond acceptors (Lipinski definition) is 11. The number of amides is 2. The number of carboxylic acids is 1. The standard InChI is InChI=1S/C19H18N4O5S4.Na/c1-8-4-21-15(32-8)19(28)31-7-10-6-30-17-12(16(25)23(17)13(10)18(26)27)22-14(24)11(20)9-2-3-29-5-9;/h2-5,11-12,17H,6-7,20H2,1H3,(H,22,24)(H,26,27);/q;+1/p-1/t11?,12?,17-;/m0./s1. The molecule has 3 N–H and O–H groups in total.